The van der Waals surface area contributed by atoms with E-state index in [1.807, 2.05) is 6.92 Å². The van der Waals surface area contributed by atoms with Crippen LogP contribution in [0.4, 0.5) is 0 Å². The number of hydrogen-bond donors (Lipinski definition) is 2. The van der Waals surface area contributed by atoms with Crippen LogP contribution in [-0.4, -0.2) is 27.4 Å². The predicted octanol–water partition coefficient (Wildman–Crippen LogP) is 2.22. The molecule has 0 heterocycles. The Morgan fingerprint density at radius 1 is 1.12 bits per heavy atom. The highest BCUT2D eigenvalue weighted by atomic mass is 32.2. The topological polar surface area (TPSA) is 75.3 Å². The minimum Gasteiger partial charge on any atom is -0.355 e. The SMILES string of the molecule is Cc1ccc(S(=O)(=O)NCCNC(=O)CC2CC3CCC2C3)cc1. The van der Waals surface area contributed by atoms with Crippen LogP contribution in [0.3, 0.4) is 0 Å². The van der Waals surface area contributed by atoms with Gasteiger partial charge in [0.05, 0.1) is 4.90 Å². The zero-order chi connectivity index (χ0) is 17.2. The number of aryl methyl sites for hydroxylation is 1. The van der Waals surface area contributed by atoms with Crippen LogP contribution >= 0.6 is 0 Å². The Balaban J connectivity index is 1.38. The Labute approximate surface area is 144 Å². The monoisotopic (exact) mass is 350 g/mol. The van der Waals surface area contributed by atoms with Crippen molar-refractivity contribution in [1.29, 1.82) is 0 Å². The van der Waals surface area contributed by atoms with E-state index in [1.165, 1.54) is 25.7 Å². The third kappa shape index (κ3) is 4.16. The van der Waals surface area contributed by atoms with Crippen molar-refractivity contribution >= 4 is 15.9 Å². The van der Waals surface area contributed by atoms with Gasteiger partial charge in [-0.25, -0.2) is 13.1 Å². The molecule has 0 radical (unpaired) electrons. The zero-order valence-corrected chi connectivity index (χ0v) is 14.9. The van der Waals surface area contributed by atoms with Gasteiger partial charge in [0.15, 0.2) is 0 Å². The number of sulfonamides is 1. The smallest absolute Gasteiger partial charge is 0.240 e. The van der Waals surface area contributed by atoms with Gasteiger partial charge in [0.25, 0.3) is 0 Å². The summed E-state index contributed by atoms with van der Waals surface area (Å²) in [4.78, 5) is 12.3. The second-order valence-electron chi connectivity index (χ2n) is 7.20. The van der Waals surface area contributed by atoms with Crippen molar-refractivity contribution in [2.45, 2.75) is 43.9 Å². The number of carbonyl (C=O) groups is 1. The van der Waals surface area contributed by atoms with Crippen LogP contribution in [0.2, 0.25) is 0 Å². The van der Waals surface area contributed by atoms with Gasteiger partial charge in [-0.1, -0.05) is 24.1 Å². The second kappa shape index (κ2) is 7.23. The lowest BCUT2D eigenvalue weighted by Crippen LogP contribution is -2.35. The zero-order valence-electron chi connectivity index (χ0n) is 14.1. The fourth-order valence-electron chi connectivity index (χ4n) is 4.12. The lowest BCUT2D eigenvalue weighted by molar-refractivity contribution is -0.122. The van der Waals surface area contributed by atoms with Gasteiger partial charge in [-0.3, -0.25) is 4.79 Å². The molecule has 0 aliphatic heterocycles. The molecule has 2 aliphatic rings. The minimum atomic E-state index is -3.51. The Morgan fingerprint density at radius 2 is 1.88 bits per heavy atom. The fourth-order valence-corrected chi connectivity index (χ4v) is 5.16. The molecule has 2 N–H and O–H groups in total. The standard InChI is InChI=1S/C18H26N2O3S/c1-13-2-6-17(7-3-13)24(22,23)20-9-8-19-18(21)12-16-11-14-4-5-15(16)10-14/h2-3,6-7,14-16,20H,4-5,8-12H2,1H3,(H,19,21). The van der Waals surface area contributed by atoms with E-state index in [0.717, 1.165) is 17.4 Å². The molecule has 5 nitrogen and oxygen atoms in total. The molecule has 2 saturated carbocycles. The molecule has 3 rings (SSSR count). The highest BCUT2D eigenvalue weighted by Crippen LogP contribution is 2.49. The minimum absolute atomic E-state index is 0.0436. The van der Waals surface area contributed by atoms with E-state index in [2.05, 4.69) is 10.0 Å². The number of hydrogen-bond acceptors (Lipinski definition) is 3. The van der Waals surface area contributed by atoms with Crippen LogP contribution < -0.4 is 10.0 Å². The Bertz CT molecular complexity index is 685. The molecule has 3 atom stereocenters. The molecule has 2 aliphatic carbocycles. The van der Waals surface area contributed by atoms with Crippen molar-refractivity contribution < 1.29 is 13.2 Å². The lowest BCUT2D eigenvalue weighted by Gasteiger charge is -2.20. The van der Waals surface area contributed by atoms with Crippen molar-refractivity contribution in [3.63, 3.8) is 0 Å². The van der Waals surface area contributed by atoms with Crippen molar-refractivity contribution in [1.82, 2.24) is 10.0 Å². The fraction of sp³-hybridized carbons (Fsp3) is 0.611. The number of nitrogens with one attached hydrogen (secondary N) is 2. The number of carbonyl (C=O) groups excluding carboxylic acids is 1. The average Bonchev–Trinajstić information content (AvgIpc) is 3.15. The molecule has 1 aromatic carbocycles. The molecule has 2 bridgehead atoms. The molecule has 2 fully saturated rings. The largest absolute Gasteiger partial charge is 0.355 e. The van der Waals surface area contributed by atoms with Crippen molar-refractivity contribution in [2.75, 3.05) is 13.1 Å². The van der Waals surface area contributed by atoms with Crippen LogP contribution in [-0.2, 0) is 14.8 Å². The summed E-state index contributed by atoms with van der Waals surface area (Å²) < 4.78 is 26.8. The van der Waals surface area contributed by atoms with Crippen LogP contribution in [0, 0.1) is 24.7 Å². The molecule has 24 heavy (non-hydrogen) atoms. The van der Waals surface area contributed by atoms with E-state index in [4.69, 9.17) is 0 Å². The van der Waals surface area contributed by atoms with Gasteiger partial charge in [0.2, 0.25) is 15.9 Å². The maximum absolute atomic E-state index is 12.1. The van der Waals surface area contributed by atoms with Crippen LogP contribution in [0.5, 0.6) is 0 Å². The summed E-state index contributed by atoms with van der Waals surface area (Å²) in [7, 11) is -3.51. The van der Waals surface area contributed by atoms with Crippen molar-refractivity contribution in [2.24, 2.45) is 17.8 Å². The first-order valence-corrected chi connectivity index (χ1v) is 10.3. The summed E-state index contributed by atoms with van der Waals surface area (Å²) in [5, 5.41) is 2.84. The normalized spacial score (nSPS) is 25.8. The third-order valence-electron chi connectivity index (χ3n) is 5.40. The van der Waals surface area contributed by atoms with E-state index in [-0.39, 0.29) is 17.3 Å². The first kappa shape index (κ1) is 17.4. The molecular weight excluding hydrogens is 324 g/mol. The van der Waals surface area contributed by atoms with E-state index in [1.54, 1.807) is 24.3 Å². The highest BCUT2D eigenvalue weighted by Gasteiger charge is 2.39. The molecule has 0 spiro atoms. The molecule has 0 aromatic heterocycles. The third-order valence-corrected chi connectivity index (χ3v) is 6.88. The molecule has 132 valence electrons. The Kier molecular flexibility index (Phi) is 5.25. The second-order valence-corrected chi connectivity index (χ2v) is 8.97. The highest BCUT2D eigenvalue weighted by molar-refractivity contribution is 7.89. The first-order chi connectivity index (χ1) is 11.4. The van der Waals surface area contributed by atoms with Crippen molar-refractivity contribution in [3.05, 3.63) is 29.8 Å². The predicted molar refractivity (Wildman–Crippen MR) is 92.9 cm³/mol. The maximum Gasteiger partial charge on any atom is 0.240 e. The molecule has 1 amide bonds. The number of benzene rings is 1. The molecular formula is C18H26N2O3S. The van der Waals surface area contributed by atoms with E-state index in [0.29, 0.717) is 18.9 Å². The summed E-state index contributed by atoms with van der Waals surface area (Å²) >= 11 is 0. The number of rotatable bonds is 7. The molecule has 1 aromatic rings. The van der Waals surface area contributed by atoms with Gasteiger partial charge in [-0.05, 0) is 56.1 Å². The quantitative estimate of drug-likeness (QED) is 0.741. The van der Waals surface area contributed by atoms with E-state index < -0.39 is 10.0 Å². The maximum atomic E-state index is 12.1. The molecule has 0 saturated heterocycles. The van der Waals surface area contributed by atoms with Crippen LogP contribution in [0.15, 0.2) is 29.2 Å². The van der Waals surface area contributed by atoms with Crippen LogP contribution in [0.25, 0.3) is 0 Å². The molecule has 3 unspecified atom stereocenters. The summed E-state index contributed by atoms with van der Waals surface area (Å²) in [6.45, 7) is 2.44. The summed E-state index contributed by atoms with van der Waals surface area (Å²) in [6, 6.07) is 6.72. The van der Waals surface area contributed by atoms with Crippen LogP contribution in [0.1, 0.15) is 37.7 Å². The first-order valence-electron chi connectivity index (χ1n) is 8.77. The van der Waals surface area contributed by atoms with Gasteiger partial charge in [-0.2, -0.15) is 0 Å². The average molecular weight is 350 g/mol. The van der Waals surface area contributed by atoms with E-state index in [9.17, 15) is 13.2 Å². The van der Waals surface area contributed by atoms with Gasteiger partial charge >= 0.3 is 0 Å². The Morgan fingerprint density at radius 3 is 2.50 bits per heavy atom. The summed E-state index contributed by atoms with van der Waals surface area (Å²) in [6.07, 6.45) is 5.70. The number of fused-ring (bicyclic) bond motifs is 2. The van der Waals surface area contributed by atoms with E-state index >= 15 is 0 Å². The summed E-state index contributed by atoms with van der Waals surface area (Å²) in [5.41, 5.74) is 1.02. The van der Waals surface area contributed by atoms with Crippen molar-refractivity contribution in [3.8, 4) is 0 Å². The van der Waals surface area contributed by atoms with Gasteiger partial charge in [-0.15, -0.1) is 0 Å². The lowest BCUT2D eigenvalue weighted by atomic mass is 9.86. The number of amides is 1. The van der Waals surface area contributed by atoms with Gasteiger partial charge < -0.3 is 5.32 Å². The van der Waals surface area contributed by atoms with Gasteiger partial charge in [0, 0.05) is 19.5 Å². The molecule has 6 heteroatoms. The summed E-state index contributed by atoms with van der Waals surface area (Å²) in [5.74, 6) is 2.16. The Hall–Kier alpha value is -1.40. The van der Waals surface area contributed by atoms with Gasteiger partial charge in [0.1, 0.15) is 0 Å².